The number of benzene rings is 3. The summed E-state index contributed by atoms with van der Waals surface area (Å²) in [5, 5.41) is 3.70. The van der Waals surface area contributed by atoms with E-state index < -0.39 is 28.5 Å². The summed E-state index contributed by atoms with van der Waals surface area (Å²) in [6.45, 7) is 5.52. The minimum atomic E-state index is -4.17. The molecule has 0 spiro atoms. The fourth-order valence-electron chi connectivity index (χ4n) is 4.19. The minimum Gasteiger partial charge on any atom is -0.354 e. The molecule has 2 amide bonds. The van der Waals surface area contributed by atoms with Gasteiger partial charge in [0.25, 0.3) is 10.0 Å². The number of rotatable bonds is 12. The van der Waals surface area contributed by atoms with Gasteiger partial charge in [0.2, 0.25) is 11.8 Å². The molecule has 0 radical (unpaired) electrons. The van der Waals surface area contributed by atoms with Gasteiger partial charge >= 0.3 is 0 Å². The lowest BCUT2D eigenvalue weighted by atomic mass is 10.1. The molecule has 3 aromatic rings. The van der Waals surface area contributed by atoms with Crippen molar-refractivity contribution in [3.05, 3.63) is 94.0 Å². The number of aryl methyl sites for hydroxylation is 1. The van der Waals surface area contributed by atoms with Crippen molar-refractivity contribution in [2.75, 3.05) is 17.4 Å². The van der Waals surface area contributed by atoms with Crippen LogP contribution in [-0.2, 0) is 26.2 Å². The first-order valence-corrected chi connectivity index (χ1v) is 14.9. The first kappa shape index (κ1) is 30.5. The van der Waals surface area contributed by atoms with Crippen molar-refractivity contribution in [1.29, 1.82) is 0 Å². The number of hydrogen-bond donors (Lipinski definition) is 1. The van der Waals surface area contributed by atoms with Gasteiger partial charge in [0.1, 0.15) is 12.6 Å². The highest BCUT2D eigenvalue weighted by molar-refractivity contribution is 7.92. The molecule has 0 aliphatic carbocycles. The van der Waals surface area contributed by atoms with Crippen molar-refractivity contribution in [3.8, 4) is 0 Å². The molecule has 0 bridgehead atoms. The van der Waals surface area contributed by atoms with Crippen molar-refractivity contribution in [3.63, 3.8) is 0 Å². The highest BCUT2D eigenvalue weighted by Crippen LogP contribution is 2.28. The van der Waals surface area contributed by atoms with Crippen LogP contribution in [0.3, 0.4) is 0 Å². The Morgan fingerprint density at radius 2 is 1.56 bits per heavy atom. The van der Waals surface area contributed by atoms with Crippen LogP contribution in [0.25, 0.3) is 0 Å². The van der Waals surface area contributed by atoms with Gasteiger partial charge in [0.05, 0.1) is 10.6 Å². The van der Waals surface area contributed by atoms with E-state index in [4.69, 9.17) is 23.2 Å². The number of nitrogens with one attached hydrogen (secondary N) is 1. The third-order valence-electron chi connectivity index (χ3n) is 6.30. The maximum Gasteiger partial charge on any atom is 0.264 e. The molecular weight excluding hydrogens is 557 g/mol. The average Bonchev–Trinajstić information content (AvgIpc) is 2.92. The highest BCUT2D eigenvalue weighted by Gasteiger charge is 2.34. The van der Waals surface area contributed by atoms with Crippen molar-refractivity contribution in [2.45, 2.75) is 51.1 Å². The third-order valence-corrected chi connectivity index (χ3v) is 8.69. The van der Waals surface area contributed by atoms with Gasteiger partial charge in [-0.1, -0.05) is 73.4 Å². The summed E-state index contributed by atoms with van der Waals surface area (Å²) < 4.78 is 28.9. The van der Waals surface area contributed by atoms with Crippen LogP contribution in [0.4, 0.5) is 5.69 Å². The molecule has 1 atom stereocenters. The van der Waals surface area contributed by atoms with Gasteiger partial charge in [-0.15, -0.1) is 0 Å². The standard InChI is InChI=1S/C29H33Cl2N3O4S/c1-4-18-32-29(36)26(5-2)33(19-22-11-7-8-12-25(22)31)28(35)20-34(27-13-9-6-10-21(27)3)39(37,38)24-16-14-23(30)15-17-24/h6-17,26H,4-5,18-20H2,1-3H3,(H,32,36)/t26-/m1/s1. The fourth-order valence-corrected chi connectivity index (χ4v) is 5.99. The molecule has 39 heavy (non-hydrogen) atoms. The quantitative estimate of drug-likeness (QED) is 0.288. The number of carbonyl (C=O) groups excluding carboxylic acids is 2. The van der Waals surface area contributed by atoms with Crippen LogP contribution < -0.4 is 9.62 Å². The van der Waals surface area contributed by atoms with E-state index in [2.05, 4.69) is 5.32 Å². The van der Waals surface area contributed by atoms with Crippen LogP contribution in [0.2, 0.25) is 10.0 Å². The monoisotopic (exact) mass is 589 g/mol. The Kier molecular flexibility index (Phi) is 10.8. The topological polar surface area (TPSA) is 86.8 Å². The summed E-state index contributed by atoms with van der Waals surface area (Å²) in [6.07, 6.45) is 1.07. The Balaban J connectivity index is 2.07. The van der Waals surface area contributed by atoms with Crippen LogP contribution in [0.1, 0.15) is 37.8 Å². The number of carbonyl (C=O) groups is 2. The molecule has 3 rings (SSSR count). The van der Waals surface area contributed by atoms with Gasteiger partial charge in [-0.2, -0.15) is 0 Å². The summed E-state index contributed by atoms with van der Waals surface area (Å²) in [7, 11) is -4.17. The Morgan fingerprint density at radius 3 is 2.18 bits per heavy atom. The summed E-state index contributed by atoms with van der Waals surface area (Å²) in [5.74, 6) is -0.836. The maximum absolute atomic E-state index is 14.0. The van der Waals surface area contributed by atoms with E-state index >= 15 is 0 Å². The normalized spacial score (nSPS) is 12.0. The predicted molar refractivity (Wildman–Crippen MR) is 157 cm³/mol. The maximum atomic E-state index is 14.0. The van der Waals surface area contributed by atoms with E-state index in [0.717, 1.165) is 10.7 Å². The molecule has 0 saturated heterocycles. The third kappa shape index (κ3) is 7.53. The molecule has 0 aliphatic heterocycles. The smallest absolute Gasteiger partial charge is 0.264 e. The molecule has 208 valence electrons. The molecule has 0 saturated carbocycles. The molecule has 0 heterocycles. The molecule has 0 aromatic heterocycles. The first-order valence-electron chi connectivity index (χ1n) is 12.7. The second kappa shape index (κ2) is 13.8. The predicted octanol–water partition coefficient (Wildman–Crippen LogP) is 5.83. The van der Waals surface area contributed by atoms with Gasteiger partial charge < -0.3 is 10.2 Å². The lowest BCUT2D eigenvalue weighted by Gasteiger charge is -2.33. The zero-order valence-corrected chi connectivity index (χ0v) is 24.6. The Hall–Kier alpha value is -3.07. The Bertz CT molecular complexity index is 1400. The first-order chi connectivity index (χ1) is 18.6. The van der Waals surface area contributed by atoms with Crippen molar-refractivity contribution in [2.24, 2.45) is 0 Å². The minimum absolute atomic E-state index is 0.00617. The molecule has 10 heteroatoms. The highest BCUT2D eigenvalue weighted by atomic mass is 35.5. The molecule has 0 fully saturated rings. The largest absolute Gasteiger partial charge is 0.354 e. The molecule has 0 aliphatic rings. The second-order valence-electron chi connectivity index (χ2n) is 9.08. The van der Waals surface area contributed by atoms with Crippen molar-refractivity contribution < 1.29 is 18.0 Å². The summed E-state index contributed by atoms with van der Waals surface area (Å²) in [6, 6.07) is 19.0. The van der Waals surface area contributed by atoms with Gasteiger partial charge in [0, 0.05) is 23.1 Å². The van der Waals surface area contributed by atoms with Crippen LogP contribution in [0.5, 0.6) is 0 Å². The number of nitrogens with zero attached hydrogens (tertiary/aromatic N) is 2. The van der Waals surface area contributed by atoms with Crippen LogP contribution in [0, 0.1) is 6.92 Å². The number of halogens is 2. The van der Waals surface area contributed by atoms with E-state index in [1.54, 1.807) is 55.5 Å². The zero-order valence-electron chi connectivity index (χ0n) is 22.2. The molecule has 0 unspecified atom stereocenters. The van der Waals surface area contributed by atoms with Crippen LogP contribution in [-0.4, -0.2) is 44.3 Å². The van der Waals surface area contributed by atoms with Crippen molar-refractivity contribution >= 4 is 50.7 Å². The van der Waals surface area contributed by atoms with Crippen LogP contribution >= 0.6 is 23.2 Å². The number of anilines is 1. The number of hydrogen-bond acceptors (Lipinski definition) is 4. The Labute approximate surface area is 240 Å². The van der Waals surface area contributed by atoms with Gasteiger partial charge in [0.15, 0.2) is 0 Å². The Morgan fingerprint density at radius 1 is 0.923 bits per heavy atom. The number of para-hydroxylation sites is 1. The van der Waals surface area contributed by atoms with Gasteiger partial charge in [-0.05, 0) is 67.3 Å². The van der Waals surface area contributed by atoms with Crippen molar-refractivity contribution in [1.82, 2.24) is 10.2 Å². The molecule has 1 N–H and O–H groups in total. The zero-order chi connectivity index (χ0) is 28.6. The van der Waals surface area contributed by atoms with E-state index in [1.165, 1.54) is 29.2 Å². The lowest BCUT2D eigenvalue weighted by molar-refractivity contribution is -0.140. The lowest BCUT2D eigenvalue weighted by Crippen LogP contribution is -2.52. The molecule has 3 aromatic carbocycles. The van der Waals surface area contributed by atoms with E-state index in [9.17, 15) is 18.0 Å². The van der Waals surface area contributed by atoms with Crippen LogP contribution in [0.15, 0.2) is 77.7 Å². The number of sulfonamides is 1. The van der Waals surface area contributed by atoms with E-state index in [-0.39, 0.29) is 17.3 Å². The average molecular weight is 591 g/mol. The summed E-state index contributed by atoms with van der Waals surface area (Å²) in [4.78, 5) is 28.6. The van der Waals surface area contributed by atoms with Gasteiger partial charge in [-0.3, -0.25) is 13.9 Å². The van der Waals surface area contributed by atoms with E-state index in [0.29, 0.717) is 39.8 Å². The SMILES string of the molecule is CCCNC(=O)[C@@H](CC)N(Cc1ccccc1Cl)C(=O)CN(c1ccccc1C)S(=O)(=O)c1ccc(Cl)cc1. The number of amides is 2. The van der Waals surface area contributed by atoms with Gasteiger partial charge in [-0.25, -0.2) is 8.42 Å². The molecular formula is C29H33Cl2N3O4S. The summed E-state index contributed by atoms with van der Waals surface area (Å²) >= 11 is 12.4. The van der Waals surface area contributed by atoms with E-state index in [1.807, 2.05) is 13.8 Å². The molecule has 7 nitrogen and oxygen atoms in total. The summed E-state index contributed by atoms with van der Waals surface area (Å²) in [5.41, 5.74) is 1.69. The second-order valence-corrected chi connectivity index (χ2v) is 11.8. The fraction of sp³-hybridized carbons (Fsp3) is 0.310.